The maximum Gasteiger partial charge on any atom is 0.258 e. The minimum absolute atomic E-state index is 0.0195. The van der Waals surface area contributed by atoms with E-state index in [9.17, 15) is 4.79 Å². The van der Waals surface area contributed by atoms with Gasteiger partial charge in [0.05, 0.1) is 6.04 Å². The van der Waals surface area contributed by atoms with E-state index >= 15 is 0 Å². The van der Waals surface area contributed by atoms with E-state index in [-0.39, 0.29) is 18.6 Å². The molecule has 3 aromatic rings. The summed E-state index contributed by atoms with van der Waals surface area (Å²) >= 11 is 0. The Hall–Kier alpha value is -3.07. The second-order valence-corrected chi connectivity index (χ2v) is 7.71. The summed E-state index contributed by atoms with van der Waals surface area (Å²) in [6.45, 7) is 2.08. The Morgan fingerprint density at radius 2 is 1.62 bits per heavy atom. The van der Waals surface area contributed by atoms with Crippen molar-refractivity contribution in [1.29, 1.82) is 0 Å². The lowest BCUT2D eigenvalue weighted by Gasteiger charge is -2.22. The number of fused-ring (bicyclic) bond motifs is 1. The second kappa shape index (κ2) is 8.95. The molecule has 1 atom stereocenters. The number of hydrogen-bond acceptors (Lipinski definition) is 2. The van der Waals surface area contributed by atoms with E-state index in [1.54, 1.807) is 0 Å². The van der Waals surface area contributed by atoms with Crippen molar-refractivity contribution in [2.75, 3.05) is 6.61 Å². The van der Waals surface area contributed by atoms with Gasteiger partial charge in [0.25, 0.3) is 5.91 Å². The second-order valence-electron chi connectivity index (χ2n) is 7.71. The lowest BCUT2D eigenvalue weighted by atomic mass is 9.91. The number of hydrogen-bond donors (Lipinski definition) is 1. The number of rotatable bonds is 6. The zero-order chi connectivity index (χ0) is 20.1. The van der Waals surface area contributed by atoms with E-state index in [4.69, 9.17) is 4.74 Å². The van der Waals surface area contributed by atoms with Crippen LogP contribution in [-0.2, 0) is 17.6 Å². The molecule has 0 bridgehead atoms. The van der Waals surface area contributed by atoms with Crippen LogP contribution in [0.5, 0.6) is 5.75 Å². The van der Waals surface area contributed by atoms with Crippen molar-refractivity contribution < 1.29 is 9.53 Å². The fourth-order valence-electron chi connectivity index (χ4n) is 3.99. The molecule has 0 heterocycles. The molecule has 0 aromatic heterocycles. The highest BCUT2D eigenvalue weighted by atomic mass is 16.5. The summed E-state index contributed by atoms with van der Waals surface area (Å²) < 4.78 is 5.95. The molecule has 4 rings (SSSR count). The Balaban J connectivity index is 1.48. The topological polar surface area (TPSA) is 38.3 Å². The SMILES string of the molecule is Cc1ccc([C@@H](NC(=O)COc2cccc3c2CCCC3)c2ccccc2)cc1. The van der Waals surface area contributed by atoms with Crippen LogP contribution >= 0.6 is 0 Å². The normalized spacial score (nSPS) is 14.0. The fourth-order valence-corrected chi connectivity index (χ4v) is 3.99. The quantitative estimate of drug-likeness (QED) is 0.637. The van der Waals surface area contributed by atoms with Crippen LogP contribution in [0.15, 0.2) is 72.8 Å². The van der Waals surface area contributed by atoms with Gasteiger partial charge < -0.3 is 10.1 Å². The van der Waals surface area contributed by atoms with Crippen molar-refractivity contribution in [3.63, 3.8) is 0 Å². The smallest absolute Gasteiger partial charge is 0.258 e. The molecule has 0 radical (unpaired) electrons. The number of carbonyl (C=O) groups excluding carboxylic acids is 1. The molecule has 0 saturated heterocycles. The fraction of sp³-hybridized carbons (Fsp3) is 0.269. The lowest BCUT2D eigenvalue weighted by Crippen LogP contribution is -2.33. The molecule has 1 amide bonds. The molecule has 0 unspecified atom stereocenters. The Morgan fingerprint density at radius 1 is 0.897 bits per heavy atom. The predicted molar refractivity (Wildman–Crippen MR) is 116 cm³/mol. The zero-order valence-electron chi connectivity index (χ0n) is 16.9. The highest BCUT2D eigenvalue weighted by molar-refractivity contribution is 5.78. The summed E-state index contributed by atoms with van der Waals surface area (Å²) in [7, 11) is 0. The molecule has 3 aromatic carbocycles. The Labute approximate surface area is 172 Å². The molecule has 0 aliphatic heterocycles. The molecule has 1 aliphatic carbocycles. The third-order valence-electron chi connectivity index (χ3n) is 5.56. The van der Waals surface area contributed by atoms with Gasteiger partial charge in [-0.2, -0.15) is 0 Å². The Kier molecular flexibility index (Phi) is 5.95. The van der Waals surface area contributed by atoms with Gasteiger partial charge in [-0.1, -0.05) is 72.3 Å². The first-order valence-electron chi connectivity index (χ1n) is 10.3. The Bertz CT molecular complexity index is 964. The van der Waals surface area contributed by atoms with Gasteiger partial charge in [-0.3, -0.25) is 4.79 Å². The largest absolute Gasteiger partial charge is 0.483 e. The molecule has 3 heteroatoms. The van der Waals surface area contributed by atoms with Crippen LogP contribution < -0.4 is 10.1 Å². The van der Waals surface area contributed by atoms with Gasteiger partial charge in [0.2, 0.25) is 0 Å². The van der Waals surface area contributed by atoms with E-state index in [2.05, 4.69) is 42.6 Å². The van der Waals surface area contributed by atoms with E-state index in [0.717, 1.165) is 29.7 Å². The molecule has 148 valence electrons. The van der Waals surface area contributed by atoms with Crippen LogP contribution in [-0.4, -0.2) is 12.5 Å². The van der Waals surface area contributed by atoms with Gasteiger partial charge in [0.1, 0.15) is 5.75 Å². The summed E-state index contributed by atoms with van der Waals surface area (Å²) in [6.07, 6.45) is 4.54. The molecule has 3 nitrogen and oxygen atoms in total. The number of aryl methyl sites for hydroxylation is 2. The van der Waals surface area contributed by atoms with Gasteiger partial charge in [0, 0.05) is 0 Å². The van der Waals surface area contributed by atoms with Gasteiger partial charge in [-0.05, 0) is 60.9 Å². The molecule has 0 spiro atoms. The number of ether oxygens (including phenoxy) is 1. The third-order valence-corrected chi connectivity index (χ3v) is 5.56. The van der Waals surface area contributed by atoms with Crippen LogP contribution in [0, 0.1) is 6.92 Å². The molecule has 0 saturated carbocycles. The monoisotopic (exact) mass is 385 g/mol. The number of nitrogens with one attached hydrogen (secondary N) is 1. The van der Waals surface area contributed by atoms with Crippen LogP contribution in [0.4, 0.5) is 0 Å². The minimum atomic E-state index is -0.197. The van der Waals surface area contributed by atoms with Crippen molar-refractivity contribution >= 4 is 5.91 Å². The average Bonchev–Trinajstić information content (AvgIpc) is 2.77. The van der Waals surface area contributed by atoms with E-state index in [1.807, 2.05) is 42.5 Å². The van der Waals surface area contributed by atoms with Crippen LogP contribution in [0.25, 0.3) is 0 Å². The first-order valence-corrected chi connectivity index (χ1v) is 10.3. The highest BCUT2D eigenvalue weighted by Crippen LogP contribution is 2.29. The van der Waals surface area contributed by atoms with Crippen LogP contribution in [0.3, 0.4) is 0 Å². The van der Waals surface area contributed by atoms with Crippen molar-refractivity contribution in [3.8, 4) is 5.75 Å². The van der Waals surface area contributed by atoms with Crippen molar-refractivity contribution in [3.05, 3.63) is 101 Å². The summed E-state index contributed by atoms with van der Waals surface area (Å²) in [6, 6.07) is 24.3. The highest BCUT2D eigenvalue weighted by Gasteiger charge is 2.18. The first-order chi connectivity index (χ1) is 14.2. The molecular weight excluding hydrogens is 358 g/mol. The lowest BCUT2D eigenvalue weighted by molar-refractivity contribution is -0.123. The van der Waals surface area contributed by atoms with E-state index in [1.165, 1.54) is 29.5 Å². The molecule has 29 heavy (non-hydrogen) atoms. The Morgan fingerprint density at radius 3 is 2.41 bits per heavy atom. The van der Waals surface area contributed by atoms with Crippen LogP contribution in [0.2, 0.25) is 0 Å². The van der Waals surface area contributed by atoms with Gasteiger partial charge in [0.15, 0.2) is 6.61 Å². The van der Waals surface area contributed by atoms with Gasteiger partial charge in [-0.15, -0.1) is 0 Å². The summed E-state index contributed by atoms with van der Waals surface area (Å²) in [5.74, 6) is 0.733. The standard InChI is InChI=1S/C26H27NO2/c1-19-14-16-22(17-15-19)26(21-9-3-2-4-10-21)27-25(28)18-29-24-13-7-11-20-8-5-6-12-23(20)24/h2-4,7,9-11,13-17,26H,5-6,8,12,18H2,1H3,(H,27,28)/t26-/m0/s1. The maximum atomic E-state index is 12.8. The molecule has 1 aliphatic rings. The molecular formula is C26H27NO2. The summed E-state index contributed by atoms with van der Waals surface area (Å²) in [5.41, 5.74) is 5.94. The predicted octanol–water partition coefficient (Wildman–Crippen LogP) is 5.16. The van der Waals surface area contributed by atoms with Gasteiger partial charge in [-0.25, -0.2) is 0 Å². The van der Waals surface area contributed by atoms with E-state index in [0.29, 0.717) is 0 Å². The number of carbonyl (C=O) groups is 1. The van der Waals surface area contributed by atoms with Crippen molar-refractivity contribution in [2.45, 2.75) is 38.6 Å². The number of benzene rings is 3. The zero-order valence-corrected chi connectivity index (χ0v) is 16.9. The summed E-state index contributed by atoms with van der Waals surface area (Å²) in [4.78, 5) is 12.8. The van der Waals surface area contributed by atoms with Crippen LogP contribution in [0.1, 0.15) is 46.7 Å². The van der Waals surface area contributed by atoms with Crippen molar-refractivity contribution in [1.82, 2.24) is 5.32 Å². The maximum absolute atomic E-state index is 12.8. The molecule has 0 fully saturated rings. The average molecular weight is 386 g/mol. The summed E-state index contributed by atoms with van der Waals surface area (Å²) in [5, 5.41) is 3.16. The third kappa shape index (κ3) is 4.68. The molecule has 1 N–H and O–H groups in total. The first kappa shape index (κ1) is 19.3. The number of amides is 1. The minimum Gasteiger partial charge on any atom is -0.483 e. The van der Waals surface area contributed by atoms with Gasteiger partial charge >= 0.3 is 0 Å². The van der Waals surface area contributed by atoms with Crippen molar-refractivity contribution in [2.24, 2.45) is 0 Å². The van der Waals surface area contributed by atoms with E-state index < -0.39 is 0 Å².